The monoisotopic (exact) mass is 200 g/mol. The van der Waals surface area contributed by atoms with Gasteiger partial charge in [-0.1, -0.05) is 0 Å². The fourth-order valence-corrected chi connectivity index (χ4v) is 1.57. The largest absolute Gasteiger partial charge is 0.376 e. The molecule has 5 nitrogen and oxygen atoms in total. The minimum absolute atomic E-state index is 0.318. The molecule has 0 spiro atoms. The fraction of sp³-hybridized carbons (Fsp3) is 0.889. The highest BCUT2D eigenvalue weighted by atomic mass is 16.5. The summed E-state index contributed by atoms with van der Waals surface area (Å²) in [7, 11) is 0. The predicted octanol–water partition coefficient (Wildman–Crippen LogP) is -0.991. The Morgan fingerprint density at radius 2 is 1.86 bits per heavy atom. The third kappa shape index (κ3) is 2.05. The Bertz CT molecular complexity index is 220. The second kappa shape index (κ2) is 3.84. The summed E-state index contributed by atoms with van der Waals surface area (Å²) < 4.78 is 10.6. The first-order valence-corrected chi connectivity index (χ1v) is 4.96. The van der Waals surface area contributed by atoms with Crippen molar-refractivity contribution in [2.45, 2.75) is 24.4 Å². The smallest absolute Gasteiger partial charge is 0.242 e. The Kier molecular flexibility index (Phi) is 2.71. The van der Waals surface area contributed by atoms with Crippen molar-refractivity contribution in [2.75, 3.05) is 26.4 Å². The van der Waals surface area contributed by atoms with Gasteiger partial charge in [-0.3, -0.25) is 10.1 Å². The Hall–Kier alpha value is -0.650. The van der Waals surface area contributed by atoms with Crippen LogP contribution < -0.4 is 11.1 Å². The van der Waals surface area contributed by atoms with Gasteiger partial charge in [0.1, 0.15) is 5.54 Å². The van der Waals surface area contributed by atoms with E-state index in [1.165, 1.54) is 0 Å². The molecule has 5 heteroatoms. The summed E-state index contributed by atoms with van der Waals surface area (Å²) in [5.74, 6) is -0.383. The summed E-state index contributed by atoms with van der Waals surface area (Å²) in [6.07, 6.45) is 2.21. The molecule has 14 heavy (non-hydrogen) atoms. The molecule has 0 aromatic heterocycles. The summed E-state index contributed by atoms with van der Waals surface area (Å²) in [4.78, 5) is 11.4. The van der Waals surface area contributed by atoms with Gasteiger partial charge in [0.25, 0.3) is 0 Å². The number of hydrogen-bond acceptors (Lipinski definition) is 4. The molecular weight excluding hydrogens is 184 g/mol. The Morgan fingerprint density at radius 3 is 2.29 bits per heavy atom. The maximum absolute atomic E-state index is 11.4. The van der Waals surface area contributed by atoms with Gasteiger partial charge in [-0.25, -0.2) is 0 Å². The highest BCUT2D eigenvalue weighted by Crippen LogP contribution is 2.23. The average molecular weight is 200 g/mol. The molecule has 1 saturated heterocycles. The summed E-state index contributed by atoms with van der Waals surface area (Å²) in [6.45, 7) is 1.69. The lowest BCUT2D eigenvalue weighted by Crippen LogP contribution is -2.61. The molecule has 1 saturated carbocycles. The SMILES string of the molecule is NC(=O)C1(NC2CC2)COCCOC1. The molecule has 2 rings (SSSR count). The van der Waals surface area contributed by atoms with Crippen molar-refractivity contribution in [3.63, 3.8) is 0 Å². The van der Waals surface area contributed by atoms with E-state index in [0.29, 0.717) is 32.5 Å². The maximum atomic E-state index is 11.4. The number of nitrogens with two attached hydrogens (primary N) is 1. The number of ether oxygens (including phenoxy) is 2. The van der Waals surface area contributed by atoms with Crippen LogP contribution in [0.1, 0.15) is 12.8 Å². The van der Waals surface area contributed by atoms with E-state index < -0.39 is 5.54 Å². The van der Waals surface area contributed by atoms with Gasteiger partial charge in [0.05, 0.1) is 26.4 Å². The van der Waals surface area contributed by atoms with E-state index in [1.54, 1.807) is 0 Å². The van der Waals surface area contributed by atoms with Crippen LogP contribution in [0.5, 0.6) is 0 Å². The van der Waals surface area contributed by atoms with E-state index >= 15 is 0 Å². The van der Waals surface area contributed by atoms with Crippen molar-refractivity contribution in [3.05, 3.63) is 0 Å². The van der Waals surface area contributed by atoms with Crippen molar-refractivity contribution in [1.82, 2.24) is 5.32 Å². The van der Waals surface area contributed by atoms with Crippen LogP contribution in [0.4, 0.5) is 0 Å². The van der Waals surface area contributed by atoms with Crippen LogP contribution in [0, 0.1) is 0 Å². The van der Waals surface area contributed by atoms with E-state index in [0.717, 1.165) is 12.8 Å². The van der Waals surface area contributed by atoms with Gasteiger partial charge >= 0.3 is 0 Å². The second-order valence-corrected chi connectivity index (χ2v) is 3.97. The van der Waals surface area contributed by atoms with E-state index in [4.69, 9.17) is 15.2 Å². The predicted molar refractivity (Wildman–Crippen MR) is 49.7 cm³/mol. The summed E-state index contributed by atoms with van der Waals surface area (Å²) in [5, 5.41) is 3.22. The number of hydrogen-bond donors (Lipinski definition) is 2. The van der Waals surface area contributed by atoms with E-state index in [-0.39, 0.29) is 5.91 Å². The molecular formula is C9H16N2O3. The summed E-state index contributed by atoms with van der Waals surface area (Å²) >= 11 is 0. The maximum Gasteiger partial charge on any atom is 0.242 e. The molecule has 0 aromatic carbocycles. The molecule has 3 N–H and O–H groups in total. The van der Waals surface area contributed by atoms with E-state index in [2.05, 4.69) is 5.32 Å². The van der Waals surface area contributed by atoms with Crippen molar-refractivity contribution in [3.8, 4) is 0 Å². The first-order valence-electron chi connectivity index (χ1n) is 4.96. The van der Waals surface area contributed by atoms with Gasteiger partial charge in [0.2, 0.25) is 5.91 Å². The lowest BCUT2D eigenvalue weighted by atomic mass is 10.0. The normalized spacial score (nSPS) is 26.9. The van der Waals surface area contributed by atoms with Crippen molar-refractivity contribution >= 4 is 5.91 Å². The minimum Gasteiger partial charge on any atom is -0.376 e. The van der Waals surface area contributed by atoms with Crippen LogP contribution in [0.25, 0.3) is 0 Å². The standard InChI is InChI=1S/C9H16N2O3/c10-8(12)9(11-7-1-2-7)5-13-3-4-14-6-9/h7,11H,1-6H2,(H2,10,12). The van der Waals surface area contributed by atoms with Gasteiger partial charge < -0.3 is 15.2 Å². The second-order valence-electron chi connectivity index (χ2n) is 3.97. The van der Waals surface area contributed by atoms with Gasteiger partial charge in [-0.05, 0) is 12.8 Å². The van der Waals surface area contributed by atoms with Crippen LogP contribution in [-0.2, 0) is 14.3 Å². The number of carbonyl (C=O) groups excluding carboxylic acids is 1. The van der Waals surface area contributed by atoms with Gasteiger partial charge in [-0.15, -0.1) is 0 Å². The number of carbonyl (C=O) groups is 1. The van der Waals surface area contributed by atoms with E-state index in [9.17, 15) is 4.79 Å². The topological polar surface area (TPSA) is 73.6 Å². The molecule has 0 aromatic rings. The van der Waals surface area contributed by atoms with Gasteiger partial charge in [0.15, 0.2) is 0 Å². The van der Waals surface area contributed by atoms with Gasteiger partial charge in [-0.2, -0.15) is 0 Å². The number of rotatable bonds is 3. The number of primary amides is 1. The average Bonchev–Trinajstić information content (AvgIpc) is 2.93. The Morgan fingerprint density at radius 1 is 1.29 bits per heavy atom. The zero-order chi connectivity index (χ0) is 10.0. The number of amides is 1. The number of nitrogens with one attached hydrogen (secondary N) is 1. The first kappa shape index (κ1) is 9.89. The molecule has 0 radical (unpaired) electrons. The van der Waals surface area contributed by atoms with Crippen LogP contribution in [0.2, 0.25) is 0 Å². The fourth-order valence-electron chi connectivity index (χ4n) is 1.57. The first-order chi connectivity index (χ1) is 6.73. The molecule has 1 amide bonds. The zero-order valence-corrected chi connectivity index (χ0v) is 8.12. The Balaban J connectivity index is 2.04. The molecule has 1 aliphatic heterocycles. The minimum atomic E-state index is -0.808. The molecule has 0 bridgehead atoms. The lowest BCUT2D eigenvalue weighted by Gasteiger charge is -2.29. The third-order valence-corrected chi connectivity index (χ3v) is 2.60. The van der Waals surface area contributed by atoms with Crippen molar-refractivity contribution < 1.29 is 14.3 Å². The van der Waals surface area contributed by atoms with Crippen molar-refractivity contribution in [1.29, 1.82) is 0 Å². The lowest BCUT2D eigenvalue weighted by molar-refractivity contribution is -0.128. The van der Waals surface area contributed by atoms with Gasteiger partial charge in [0, 0.05) is 6.04 Å². The van der Waals surface area contributed by atoms with Crippen LogP contribution >= 0.6 is 0 Å². The zero-order valence-electron chi connectivity index (χ0n) is 8.12. The molecule has 0 unspecified atom stereocenters. The highest BCUT2D eigenvalue weighted by molar-refractivity contribution is 5.85. The summed E-state index contributed by atoms with van der Waals surface area (Å²) in [6, 6.07) is 0.410. The molecule has 1 heterocycles. The molecule has 2 fully saturated rings. The van der Waals surface area contributed by atoms with Crippen LogP contribution in [-0.4, -0.2) is 43.9 Å². The molecule has 80 valence electrons. The third-order valence-electron chi connectivity index (χ3n) is 2.60. The highest BCUT2D eigenvalue weighted by Gasteiger charge is 2.42. The Labute approximate surface area is 82.9 Å². The molecule has 1 aliphatic carbocycles. The van der Waals surface area contributed by atoms with Crippen molar-refractivity contribution in [2.24, 2.45) is 5.73 Å². The summed E-state index contributed by atoms with van der Waals surface area (Å²) in [5.41, 5.74) is 4.58. The quantitative estimate of drug-likeness (QED) is 0.613. The molecule has 2 aliphatic rings. The van der Waals surface area contributed by atoms with Crippen LogP contribution in [0.15, 0.2) is 0 Å². The molecule has 0 atom stereocenters. The van der Waals surface area contributed by atoms with Crippen LogP contribution in [0.3, 0.4) is 0 Å². The van der Waals surface area contributed by atoms with E-state index in [1.807, 2.05) is 0 Å².